The molecule has 62 valence electrons. The second-order valence-electron chi connectivity index (χ2n) is 1.78. The Kier molecular flexibility index (Phi) is 9.33. The molecule has 0 aliphatic rings. The van der Waals surface area contributed by atoms with Gasteiger partial charge in [0.15, 0.2) is 0 Å². The van der Waals surface area contributed by atoms with E-state index in [0.717, 1.165) is 13.1 Å². The van der Waals surface area contributed by atoms with E-state index >= 15 is 0 Å². The number of nitrogens with one attached hydrogen (secondary N) is 1. The quantitative estimate of drug-likeness (QED) is 0.569. The molecular formula is C6H14ClNO2. The molecular weight excluding hydrogens is 154 g/mol. The summed E-state index contributed by atoms with van der Waals surface area (Å²) < 4.78 is 9.38. The van der Waals surface area contributed by atoms with Crippen molar-refractivity contribution in [1.29, 1.82) is 0 Å². The summed E-state index contributed by atoms with van der Waals surface area (Å²) in [4.78, 5) is 0. The lowest BCUT2D eigenvalue weighted by Crippen LogP contribution is -2.19. The standard InChI is InChI=1S/C6H14ClNO2/c1-2-8-3-4-9-5-6-10-7/h8H,2-6H2,1H3. The molecule has 4 heteroatoms. The molecule has 1 N–H and O–H groups in total. The van der Waals surface area contributed by atoms with Gasteiger partial charge in [-0.05, 0) is 6.54 Å². The predicted octanol–water partition coefficient (Wildman–Crippen LogP) is 0.783. The van der Waals surface area contributed by atoms with Crippen LogP contribution in [-0.2, 0) is 9.03 Å². The lowest BCUT2D eigenvalue weighted by Gasteiger charge is -2.01. The molecule has 0 saturated heterocycles. The average Bonchev–Trinajstić information content (AvgIpc) is 1.97. The van der Waals surface area contributed by atoms with E-state index in [9.17, 15) is 0 Å². The highest BCUT2D eigenvalue weighted by molar-refractivity contribution is 6.07. The van der Waals surface area contributed by atoms with Crippen LogP contribution in [0.2, 0.25) is 0 Å². The van der Waals surface area contributed by atoms with Gasteiger partial charge in [0.2, 0.25) is 0 Å². The minimum absolute atomic E-state index is 0.452. The molecule has 0 radical (unpaired) electrons. The molecule has 0 aliphatic carbocycles. The maximum absolute atomic E-state index is 5.10. The number of halogens is 1. The van der Waals surface area contributed by atoms with Crippen molar-refractivity contribution < 1.29 is 9.03 Å². The largest absolute Gasteiger partial charge is 0.378 e. The molecule has 0 aromatic rings. The van der Waals surface area contributed by atoms with Gasteiger partial charge in [0, 0.05) is 6.54 Å². The number of hydrogen-bond donors (Lipinski definition) is 1. The molecule has 0 unspecified atom stereocenters. The van der Waals surface area contributed by atoms with Crippen molar-refractivity contribution >= 4 is 11.9 Å². The Morgan fingerprint density at radius 1 is 1.30 bits per heavy atom. The predicted molar refractivity (Wildman–Crippen MR) is 41.2 cm³/mol. The molecule has 0 amide bonds. The molecule has 0 rings (SSSR count). The number of likely N-dealkylation sites (N-methyl/N-ethyl adjacent to an activating group) is 1. The smallest absolute Gasteiger partial charge is 0.0916 e. The zero-order chi connectivity index (χ0) is 7.66. The first-order valence-electron chi connectivity index (χ1n) is 3.43. The van der Waals surface area contributed by atoms with E-state index in [1.165, 1.54) is 0 Å². The van der Waals surface area contributed by atoms with Gasteiger partial charge in [0.1, 0.15) is 0 Å². The Balaban J connectivity index is 2.65. The molecule has 0 fully saturated rings. The van der Waals surface area contributed by atoms with Crippen molar-refractivity contribution in [2.45, 2.75) is 6.92 Å². The van der Waals surface area contributed by atoms with Gasteiger partial charge in [0.05, 0.1) is 31.7 Å². The van der Waals surface area contributed by atoms with Gasteiger partial charge in [-0.1, -0.05) is 6.92 Å². The van der Waals surface area contributed by atoms with E-state index in [0.29, 0.717) is 19.8 Å². The summed E-state index contributed by atoms with van der Waals surface area (Å²) in [5.41, 5.74) is 0. The Bertz CT molecular complexity index is 55.7. The third kappa shape index (κ3) is 8.17. The molecule has 0 heterocycles. The Morgan fingerprint density at radius 3 is 2.70 bits per heavy atom. The highest BCUT2D eigenvalue weighted by Crippen LogP contribution is 1.79. The summed E-state index contributed by atoms with van der Waals surface area (Å²) in [5.74, 6) is 0. The lowest BCUT2D eigenvalue weighted by molar-refractivity contribution is 0.106. The van der Waals surface area contributed by atoms with Crippen LogP contribution in [0, 0.1) is 0 Å². The van der Waals surface area contributed by atoms with Gasteiger partial charge < -0.3 is 10.1 Å². The van der Waals surface area contributed by atoms with E-state index in [1.54, 1.807) is 0 Å². The van der Waals surface area contributed by atoms with Gasteiger partial charge in [-0.2, -0.15) is 0 Å². The summed E-state index contributed by atoms with van der Waals surface area (Å²) in [6.45, 7) is 5.66. The highest BCUT2D eigenvalue weighted by atomic mass is 35.5. The molecule has 0 aliphatic heterocycles. The van der Waals surface area contributed by atoms with Gasteiger partial charge >= 0.3 is 0 Å². The van der Waals surface area contributed by atoms with Gasteiger partial charge in [0.25, 0.3) is 0 Å². The maximum Gasteiger partial charge on any atom is 0.0916 e. The van der Waals surface area contributed by atoms with Crippen molar-refractivity contribution in [1.82, 2.24) is 5.32 Å². The summed E-state index contributed by atoms with van der Waals surface area (Å²) in [6, 6.07) is 0. The minimum Gasteiger partial charge on any atom is -0.378 e. The monoisotopic (exact) mass is 167 g/mol. The van der Waals surface area contributed by atoms with Crippen molar-refractivity contribution in [2.24, 2.45) is 0 Å². The van der Waals surface area contributed by atoms with E-state index in [-0.39, 0.29) is 0 Å². The minimum atomic E-state index is 0.452. The van der Waals surface area contributed by atoms with Crippen LogP contribution in [0.5, 0.6) is 0 Å². The molecule has 0 spiro atoms. The van der Waals surface area contributed by atoms with Crippen LogP contribution >= 0.6 is 11.9 Å². The van der Waals surface area contributed by atoms with Crippen LogP contribution < -0.4 is 5.32 Å². The first kappa shape index (κ1) is 10.2. The first-order chi connectivity index (χ1) is 4.91. The number of hydrogen-bond acceptors (Lipinski definition) is 3. The Hall–Kier alpha value is 0.170. The SMILES string of the molecule is CCNCCOCCOCl. The zero-order valence-corrected chi connectivity index (χ0v) is 6.99. The summed E-state index contributed by atoms with van der Waals surface area (Å²) >= 11 is 4.95. The van der Waals surface area contributed by atoms with Crippen LogP contribution in [0.3, 0.4) is 0 Å². The van der Waals surface area contributed by atoms with Gasteiger partial charge in [-0.3, -0.25) is 4.29 Å². The Morgan fingerprint density at radius 2 is 2.10 bits per heavy atom. The van der Waals surface area contributed by atoms with Crippen LogP contribution in [0.25, 0.3) is 0 Å². The third-order valence-electron chi connectivity index (χ3n) is 0.978. The van der Waals surface area contributed by atoms with E-state index in [2.05, 4.69) is 16.5 Å². The van der Waals surface area contributed by atoms with Crippen LogP contribution in [-0.4, -0.2) is 32.9 Å². The van der Waals surface area contributed by atoms with E-state index < -0.39 is 0 Å². The van der Waals surface area contributed by atoms with Gasteiger partial charge in [-0.15, -0.1) is 0 Å². The van der Waals surface area contributed by atoms with Crippen molar-refractivity contribution in [3.05, 3.63) is 0 Å². The summed E-state index contributed by atoms with van der Waals surface area (Å²) in [7, 11) is 0. The normalized spacial score (nSPS) is 10.2. The molecule has 0 saturated carbocycles. The highest BCUT2D eigenvalue weighted by Gasteiger charge is 1.86. The van der Waals surface area contributed by atoms with Crippen molar-refractivity contribution in [3.63, 3.8) is 0 Å². The zero-order valence-electron chi connectivity index (χ0n) is 6.23. The van der Waals surface area contributed by atoms with Gasteiger partial charge in [-0.25, -0.2) is 0 Å². The fraction of sp³-hybridized carbons (Fsp3) is 1.00. The van der Waals surface area contributed by atoms with E-state index in [1.807, 2.05) is 0 Å². The Labute approximate surface area is 66.8 Å². The molecule has 0 aromatic heterocycles. The average molecular weight is 168 g/mol. The van der Waals surface area contributed by atoms with E-state index in [4.69, 9.17) is 16.6 Å². The molecule has 3 nitrogen and oxygen atoms in total. The molecule has 0 bridgehead atoms. The van der Waals surface area contributed by atoms with Crippen molar-refractivity contribution in [2.75, 3.05) is 32.9 Å². The molecule has 0 aromatic carbocycles. The van der Waals surface area contributed by atoms with Crippen LogP contribution in [0.1, 0.15) is 6.92 Å². The number of rotatable bonds is 7. The second kappa shape index (κ2) is 9.17. The molecule has 0 atom stereocenters. The third-order valence-corrected chi connectivity index (χ3v) is 1.13. The van der Waals surface area contributed by atoms with Crippen molar-refractivity contribution in [3.8, 4) is 0 Å². The first-order valence-corrected chi connectivity index (χ1v) is 3.74. The fourth-order valence-corrected chi connectivity index (χ4v) is 0.577. The van der Waals surface area contributed by atoms with Crippen LogP contribution in [0.15, 0.2) is 0 Å². The van der Waals surface area contributed by atoms with Crippen LogP contribution in [0.4, 0.5) is 0 Å². The topological polar surface area (TPSA) is 30.5 Å². The second-order valence-corrected chi connectivity index (χ2v) is 2.00. The fourth-order valence-electron chi connectivity index (χ4n) is 0.514. The number of ether oxygens (including phenoxy) is 1. The maximum atomic E-state index is 5.10. The lowest BCUT2D eigenvalue weighted by atomic mass is 10.6. The summed E-state index contributed by atoms with van der Waals surface area (Å²) in [6.07, 6.45) is 0. The summed E-state index contributed by atoms with van der Waals surface area (Å²) in [5, 5.41) is 3.13. The molecule has 10 heavy (non-hydrogen) atoms.